The summed E-state index contributed by atoms with van der Waals surface area (Å²) in [7, 11) is 0. The number of amides is 1. The molecular formula is C27H44NO7. The van der Waals surface area contributed by atoms with Crippen LogP contribution in [-0.2, 0) is 14.3 Å². The standard InChI is InChI=1S/C27H44NO7/c1-7-23(30)21(5)28-26(32)34-17-18(2)10-8-11-19(3)25-20(4)12-9-14-27(6,33)15-13-22(29)16-24(31)35-25/h8-12,14,18,20-23,25,29-30,33H,7,13,15-17H2,1-6H3,(H,28,32)/b10-8+,12-9+,19-11+/t18-,20-,21+,22-,23+,25+,27-/m0/s1. The average Bonchev–Trinajstić information content (AvgIpc) is 2.78. The van der Waals surface area contributed by atoms with Gasteiger partial charge in [0.15, 0.2) is 0 Å². The summed E-state index contributed by atoms with van der Waals surface area (Å²) >= 11 is 0. The molecule has 0 unspecified atom stereocenters. The van der Waals surface area contributed by atoms with Crippen molar-refractivity contribution in [2.75, 3.05) is 6.61 Å². The number of alkyl carbamates (subject to hydrolysis) is 1. The Bertz CT molecular complexity index is 759. The van der Waals surface area contributed by atoms with Gasteiger partial charge >= 0.3 is 12.1 Å². The van der Waals surface area contributed by atoms with Gasteiger partial charge in [-0.25, -0.2) is 4.79 Å². The van der Waals surface area contributed by atoms with Crippen LogP contribution in [-0.4, -0.2) is 63.9 Å². The second-order valence-electron chi connectivity index (χ2n) is 9.85. The Labute approximate surface area is 210 Å². The fourth-order valence-corrected chi connectivity index (χ4v) is 3.61. The minimum atomic E-state index is -1.06. The highest BCUT2D eigenvalue weighted by Crippen LogP contribution is 2.24. The summed E-state index contributed by atoms with van der Waals surface area (Å²) in [6.07, 6.45) is 9.35. The van der Waals surface area contributed by atoms with E-state index >= 15 is 0 Å². The van der Waals surface area contributed by atoms with Gasteiger partial charge in [0, 0.05) is 18.3 Å². The quantitative estimate of drug-likeness (QED) is 0.300. The molecule has 1 aliphatic rings. The van der Waals surface area contributed by atoms with Gasteiger partial charge < -0.3 is 30.1 Å². The third-order valence-electron chi connectivity index (χ3n) is 6.06. The van der Waals surface area contributed by atoms with E-state index in [1.807, 2.05) is 52.0 Å². The van der Waals surface area contributed by atoms with Gasteiger partial charge in [0.05, 0.1) is 36.9 Å². The van der Waals surface area contributed by atoms with Gasteiger partial charge in [0.25, 0.3) is 0 Å². The fourth-order valence-electron chi connectivity index (χ4n) is 3.61. The van der Waals surface area contributed by atoms with E-state index in [9.17, 15) is 24.9 Å². The van der Waals surface area contributed by atoms with Crippen LogP contribution >= 0.6 is 0 Å². The molecule has 0 aromatic heterocycles. The van der Waals surface area contributed by atoms with Crippen LogP contribution in [0.2, 0.25) is 0 Å². The predicted molar refractivity (Wildman–Crippen MR) is 135 cm³/mol. The molecule has 1 heterocycles. The molecule has 1 aliphatic heterocycles. The van der Waals surface area contributed by atoms with Crippen molar-refractivity contribution in [2.24, 2.45) is 11.8 Å². The molecule has 1 rings (SSSR count). The van der Waals surface area contributed by atoms with Crippen LogP contribution in [0.4, 0.5) is 4.79 Å². The molecule has 0 fully saturated rings. The van der Waals surface area contributed by atoms with Crippen LogP contribution < -0.4 is 5.32 Å². The lowest BCUT2D eigenvalue weighted by molar-refractivity contribution is -0.151. The minimum Gasteiger partial charge on any atom is -0.457 e. The van der Waals surface area contributed by atoms with Crippen LogP contribution in [0, 0.1) is 18.3 Å². The van der Waals surface area contributed by atoms with Gasteiger partial charge in [-0.05, 0) is 45.6 Å². The van der Waals surface area contributed by atoms with Gasteiger partial charge in [-0.2, -0.15) is 0 Å². The number of allylic oxidation sites excluding steroid dienone is 2. The van der Waals surface area contributed by atoms with E-state index in [0.717, 1.165) is 5.57 Å². The molecule has 0 aromatic rings. The zero-order chi connectivity index (χ0) is 26.6. The molecule has 35 heavy (non-hydrogen) atoms. The summed E-state index contributed by atoms with van der Waals surface area (Å²) in [5.41, 5.74) is -0.245. The molecule has 4 N–H and O–H groups in total. The van der Waals surface area contributed by atoms with Crippen LogP contribution in [0.15, 0.2) is 36.0 Å². The Hall–Kier alpha value is -2.16. The Kier molecular flexibility index (Phi) is 13.3. The number of ether oxygens (including phenoxy) is 2. The first-order valence-corrected chi connectivity index (χ1v) is 12.4. The summed E-state index contributed by atoms with van der Waals surface area (Å²) < 4.78 is 10.9. The molecule has 7 atom stereocenters. The number of aliphatic hydroxyl groups excluding tert-OH is 2. The summed E-state index contributed by atoms with van der Waals surface area (Å²) in [6, 6.07) is -0.390. The molecule has 1 amide bonds. The van der Waals surface area contributed by atoms with E-state index in [1.165, 1.54) is 0 Å². The maximum absolute atomic E-state index is 12.4. The second-order valence-corrected chi connectivity index (χ2v) is 9.85. The lowest BCUT2D eigenvalue weighted by Gasteiger charge is -2.27. The van der Waals surface area contributed by atoms with Crippen molar-refractivity contribution in [3.63, 3.8) is 0 Å². The normalized spacial score (nSPS) is 30.4. The lowest BCUT2D eigenvalue weighted by atomic mass is 9.91. The van der Waals surface area contributed by atoms with Crippen molar-refractivity contribution in [1.82, 2.24) is 5.32 Å². The first kappa shape index (κ1) is 30.9. The summed E-state index contributed by atoms with van der Waals surface area (Å²) in [6.45, 7) is 11.1. The van der Waals surface area contributed by atoms with Gasteiger partial charge in [-0.1, -0.05) is 51.2 Å². The summed E-state index contributed by atoms with van der Waals surface area (Å²) in [4.78, 5) is 24.3. The maximum atomic E-state index is 12.4. The molecular weight excluding hydrogens is 450 g/mol. The van der Waals surface area contributed by atoms with E-state index in [0.29, 0.717) is 19.3 Å². The van der Waals surface area contributed by atoms with Crippen molar-refractivity contribution >= 4 is 12.1 Å². The number of hydrogen-bond donors (Lipinski definition) is 4. The first-order chi connectivity index (χ1) is 16.3. The topological polar surface area (TPSA) is 125 Å². The number of nitrogens with one attached hydrogen (secondary N) is 1. The van der Waals surface area contributed by atoms with Gasteiger partial charge in [-0.3, -0.25) is 4.79 Å². The highest BCUT2D eigenvalue weighted by molar-refractivity contribution is 5.70. The molecule has 8 nitrogen and oxygen atoms in total. The number of rotatable bonds is 8. The van der Waals surface area contributed by atoms with Crippen LogP contribution in [0.5, 0.6) is 0 Å². The summed E-state index contributed by atoms with van der Waals surface area (Å²) in [5.74, 6) is -0.699. The number of hydrogen-bond acceptors (Lipinski definition) is 7. The molecule has 0 saturated carbocycles. The molecule has 1 radical (unpaired) electrons. The highest BCUT2D eigenvalue weighted by Gasteiger charge is 2.27. The molecule has 0 aromatic carbocycles. The van der Waals surface area contributed by atoms with Crippen LogP contribution in [0.25, 0.3) is 0 Å². The molecule has 0 bridgehead atoms. The molecule has 0 aliphatic carbocycles. The zero-order valence-corrected chi connectivity index (χ0v) is 21.9. The number of carbonyl (C=O) groups is 2. The van der Waals surface area contributed by atoms with Crippen molar-refractivity contribution < 1.29 is 34.4 Å². The van der Waals surface area contributed by atoms with Crippen molar-refractivity contribution in [3.05, 3.63) is 42.4 Å². The third kappa shape index (κ3) is 12.4. The number of cyclic esters (lactones) is 1. The Balaban J connectivity index is 2.77. The Morgan fingerprint density at radius 1 is 1.40 bits per heavy atom. The fraction of sp³-hybridized carbons (Fsp3) is 0.667. The van der Waals surface area contributed by atoms with E-state index in [1.54, 1.807) is 26.3 Å². The van der Waals surface area contributed by atoms with E-state index < -0.39 is 42.0 Å². The molecule has 0 spiro atoms. The number of esters is 1. The predicted octanol–water partition coefficient (Wildman–Crippen LogP) is 3.61. The van der Waals surface area contributed by atoms with Crippen molar-refractivity contribution in [1.29, 1.82) is 0 Å². The minimum absolute atomic E-state index is 0.0561. The van der Waals surface area contributed by atoms with Crippen LogP contribution in [0.3, 0.4) is 0 Å². The highest BCUT2D eigenvalue weighted by atomic mass is 16.6. The maximum Gasteiger partial charge on any atom is 0.407 e. The molecule has 199 valence electrons. The van der Waals surface area contributed by atoms with Crippen molar-refractivity contribution in [3.8, 4) is 0 Å². The molecule has 8 heteroatoms. The number of carbonyl (C=O) groups excluding carboxylic acids is 2. The van der Waals surface area contributed by atoms with E-state index in [2.05, 4.69) is 5.32 Å². The van der Waals surface area contributed by atoms with E-state index in [4.69, 9.17) is 9.47 Å². The van der Waals surface area contributed by atoms with Gasteiger partial charge in [0.1, 0.15) is 6.10 Å². The second kappa shape index (κ2) is 15.1. The monoisotopic (exact) mass is 494 g/mol. The molecule has 0 saturated heterocycles. The van der Waals surface area contributed by atoms with E-state index in [-0.39, 0.29) is 24.9 Å². The number of aliphatic hydroxyl groups is 3. The third-order valence-corrected chi connectivity index (χ3v) is 6.06. The zero-order valence-electron chi connectivity index (χ0n) is 21.9. The summed E-state index contributed by atoms with van der Waals surface area (Å²) in [5, 5.41) is 32.9. The smallest absolute Gasteiger partial charge is 0.407 e. The lowest BCUT2D eigenvalue weighted by Crippen LogP contribution is -2.41. The van der Waals surface area contributed by atoms with Gasteiger partial charge in [0.2, 0.25) is 0 Å². The Morgan fingerprint density at radius 2 is 2.09 bits per heavy atom. The Morgan fingerprint density at radius 3 is 2.74 bits per heavy atom. The van der Waals surface area contributed by atoms with Crippen molar-refractivity contribution in [2.45, 2.75) is 97.2 Å². The van der Waals surface area contributed by atoms with Crippen LogP contribution in [0.1, 0.15) is 67.2 Å². The van der Waals surface area contributed by atoms with Gasteiger partial charge in [-0.15, -0.1) is 0 Å². The average molecular weight is 495 g/mol. The first-order valence-electron chi connectivity index (χ1n) is 12.4. The largest absolute Gasteiger partial charge is 0.457 e. The SMILES string of the molecule is CC[C@@H](O)[C@@H](C)NC(=O)OC[C@@H](C)/C=C/C=C(\C)[C@H]1OC(=O)C[C@@H](O)CC[C@@](C)(O)[CH]/C=C/[C@@H]1C.